The second kappa shape index (κ2) is 5.87. The maximum Gasteiger partial charge on any atom is 0.319 e. The predicted molar refractivity (Wildman–Crippen MR) is 75.4 cm³/mol. The van der Waals surface area contributed by atoms with Crippen LogP contribution in [0, 0.1) is 5.92 Å². The fraction of sp³-hybridized carbons (Fsp3) is 0.467. The van der Waals surface area contributed by atoms with Gasteiger partial charge in [0.05, 0.1) is 0 Å². The van der Waals surface area contributed by atoms with Gasteiger partial charge in [-0.3, -0.25) is 4.79 Å². The highest BCUT2D eigenvalue weighted by atomic mass is 16.2. The van der Waals surface area contributed by atoms with E-state index in [0.717, 1.165) is 6.42 Å². The third-order valence-corrected chi connectivity index (χ3v) is 3.73. The van der Waals surface area contributed by atoms with Crippen molar-refractivity contribution in [3.8, 4) is 0 Å². The van der Waals surface area contributed by atoms with Crippen LogP contribution in [0.5, 0.6) is 0 Å². The predicted octanol–water partition coefficient (Wildman–Crippen LogP) is 3.20. The molecular weight excluding hydrogens is 240 g/mol. The molecular formula is C15H20N2O2. The first-order valence-corrected chi connectivity index (χ1v) is 6.75. The Hall–Kier alpha value is -1.84. The molecule has 4 nitrogen and oxygen atoms in total. The quantitative estimate of drug-likeness (QED) is 0.820. The van der Waals surface area contributed by atoms with Crippen molar-refractivity contribution >= 4 is 17.5 Å². The number of rotatable bonds is 3. The maximum absolute atomic E-state index is 11.8. The summed E-state index contributed by atoms with van der Waals surface area (Å²) in [6.45, 7) is 3.69. The second-order valence-corrected chi connectivity index (χ2v) is 5.25. The van der Waals surface area contributed by atoms with E-state index in [2.05, 4.69) is 17.6 Å². The number of hydrogen-bond donors (Lipinski definition) is 2. The number of ketones is 1. The fourth-order valence-corrected chi connectivity index (χ4v) is 2.48. The molecule has 102 valence electrons. The molecule has 4 heteroatoms. The minimum absolute atomic E-state index is 0.0239. The topological polar surface area (TPSA) is 58.2 Å². The van der Waals surface area contributed by atoms with E-state index in [9.17, 15) is 9.59 Å². The summed E-state index contributed by atoms with van der Waals surface area (Å²) in [6.07, 6.45) is 3.41. The third kappa shape index (κ3) is 3.56. The first kappa shape index (κ1) is 13.6. The van der Waals surface area contributed by atoms with Crippen molar-refractivity contribution in [1.29, 1.82) is 0 Å². The number of anilines is 1. The molecule has 0 heterocycles. The SMILES string of the molecule is CC(=O)c1ccc(NC(=O)NC2CCCC2C)cc1. The molecule has 0 aromatic heterocycles. The average molecular weight is 260 g/mol. The highest BCUT2D eigenvalue weighted by Gasteiger charge is 2.24. The Bertz CT molecular complexity index is 468. The Morgan fingerprint density at radius 2 is 1.84 bits per heavy atom. The molecule has 2 N–H and O–H groups in total. The Morgan fingerprint density at radius 1 is 1.16 bits per heavy atom. The first-order chi connectivity index (χ1) is 9.06. The number of amides is 2. The smallest absolute Gasteiger partial charge is 0.319 e. The summed E-state index contributed by atoms with van der Waals surface area (Å²) in [5.41, 5.74) is 1.35. The first-order valence-electron chi connectivity index (χ1n) is 6.75. The number of carbonyl (C=O) groups excluding carboxylic acids is 2. The van der Waals surface area contributed by atoms with Gasteiger partial charge in [0.2, 0.25) is 0 Å². The summed E-state index contributed by atoms with van der Waals surface area (Å²) in [5.74, 6) is 0.571. The molecule has 0 saturated heterocycles. The van der Waals surface area contributed by atoms with Crippen LogP contribution in [0.25, 0.3) is 0 Å². The van der Waals surface area contributed by atoms with E-state index in [0.29, 0.717) is 17.2 Å². The van der Waals surface area contributed by atoms with Crippen LogP contribution in [0.3, 0.4) is 0 Å². The zero-order chi connectivity index (χ0) is 13.8. The van der Waals surface area contributed by atoms with Crippen LogP contribution < -0.4 is 10.6 Å². The molecule has 0 radical (unpaired) electrons. The third-order valence-electron chi connectivity index (χ3n) is 3.73. The van der Waals surface area contributed by atoms with Gasteiger partial charge in [-0.15, -0.1) is 0 Å². The summed E-state index contributed by atoms with van der Waals surface area (Å²) in [5, 5.41) is 5.79. The molecule has 2 rings (SSSR count). The molecule has 1 fully saturated rings. The van der Waals surface area contributed by atoms with E-state index < -0.39 is 0 Å². The van der Waals surface area contributed by atoms with Crippen LogP contribution in [0.4, 0.5) is 10.5 Å². The van der Waals surface area contributed by atoms with Gasteiger partial charge in [0.25, 0.3) is 0 Å². The number of hydrogen-bond acceptors (Lipinski definition) is 2. The molecule has 2 atom stereocenters. The molecule has 1 aromatic rings. The van der Waals surface area contributed by atoms with E-state index >= 15 is 0 Å². The lowest BCUT2D eigenvalue weighted by atomic mass is 10.1. The molecule has 2 unspecified atom stereocenters. The van der Waals surface area contributed by atoms with Crippen LogP contribution in [0.1, 0.15) is 43.5 Å². The molecule has 0 bridgehead atoms. The van der Waals surface area contributed by atoms with Crippen molar-refractivity contribution in [3.05, 3.63) is 29.8 Å². The van der Waals surface area contributed by atoms with E-state index in [4.69, 9.17) is 0 Å². The number of Topliss-reactive ketones (excluding diaryl/α,β-unsaturated/α-hetero) is 1. The molecule has 0 spiro atoms. The zero-order valence-electron chi connectivity index (χ0n) is 11.4. The zero-order valence-corrected chi connectivity index (χ0v) is 11.4. The van der Waals surface area contributed by atoms with Crippen molar-refractivity contribution in [2.45, 2.75) is 39.2 Å². The number of benzene rings is 1. The van der Waals surface area contributed by atoms with E-state index in [-0.39, 0.29) is 17.9 Å². The minimum Gasteiger partial charge on any atom is -0.335 e. The van der Waals surface area contributed by atoms with Crippen LogP contribution in [-0.2, 0) is 0 Å². The Labute approximate surface area is 113 Å². The van der Waals surface area contributed by atoms with E-state index in [1.165, 1.54) is 19.8 Å². The van der Waals surface area contributed by atoms with E-state index in [1.807, 2.05) is 0 Å². The molecule has 1 aliphatic rings. The highest BCUT2D eigenvalue weighted by Crippen LogP contribution is 2.24. The summed E-state index contributed by atoms with van der Waals surface area (Å²) in [6, 6.07) is 7.03. The van der Waals surface area contributed by atoms with Crippen LogP contribution in [-0.4, -0.2) is 17.9 Å². The molecule has 2 amide bonds. The lowest BCUT2D eigenvalue weighted by molar-refractivity contribution is 0.101. The summed E-state index contributed by atoms with van der Waals surface area (Å²) in [7, 11) is 0. The van der Waals surface area contributed by atoms with Gasteiger partial charge in [-0.05, 0) is 49.9 Å². The van der Waals surface area contributed by atoms with Crippen molar-refractivity contribution in [3.63, 3.8) is 0 Å². The van der Waals surface area contributed by atoms with Gasteiger partial charge in [0.1, 0.15) is 0 Å². The van der Waals surface area contributed by atoms with Gasteiger partial charge >= 0.3 is 6.03 Å². The number of nitrogens with one attached hydrogen (secondary N) is 2. The molecule has 1 saturated carbocycles. The average Bonchev–Trinajstić information content (AvgIpc) is 2.75. The summed E-state index contributed by atoms with van der Waals surface area (Å²) >= 11 is 0. The largest absolute Gasteiger partial charge is 0.335 e. The standard InChI is InChI=1S/C15H20N2O2/c1-10-4-3-5-14(10)17-15(19)16-13-8-6-12(7-9-13)11(2)18/h6-10,14H,3-5H2,1-2H3,(H2,16,17,19). The maximum atomic E-state index is 11.8. The normalized spacial score (nSPS) is 22.0. The monoisotopic (exact) mass is 260 g/mol. The summed E-state index contributed by atoms with van der Waals surface area (Å²) in [4.78, 5) is 23.0. The van der Waals surface area contributed by atoms with E-state index in [1.54, 1.807) is 24.3 Å². The van der Waals surface area contributed by atoms with Gasteiger partial charge in [0, 0.05) is 17.3 Å². The van der Waals surface area contributed by atoms with Gasteiger partial charge in [0.15, 0.2) is 5.78 Å². The Kier molecular flexibility index (Phi) is 4.20. The Morgan fingerprint density at radius 3 is 2.37 bits per heavy atom. The summed E-state index contributed by atoms with van der Waals surface area (Å²) < 4.78 is 0. The Balaban J connectivity index is 1.89. The van der Waals surface area contributed by atoms with Crippen molar-refractivity contribution in [1.82, 2.24) is 5.32 Å². The van der Waals surface area contributed by atoms with Crippen molar-refractivity contribution in [2.24, 2.45) is 5.92 Å². The van der Waals surface area contributed by atoms with Crippen LogP contribution in [0.15, 0.2) is 24.3 Å². The molecule has 0 aliphatic heterocycles. The lowest BCUT2D eigenvalue weighted by Crippen LogP contribution is -2.39. The highest BCUT2D eigenvalue weighted by molar-refractivity contribution is 5.95. The molecule has 19 heavy (non-hydrogen) atoms. The lowest BCUT2D eigenvalue weighted by Gasteiger charge is -2.17. The van der Waals surface area contributed by atoms with Crippen molar-refractivity contribution < 1.29 is 9.59 Å². The number of carbonyl (C=O) groups is 2. The van der Waals surface area contributed by atoms with Gasteiger partial charge in [-0.1, -0.05) is 13.3 Å². The fourth-order valence-electron chi connectivity index (χ4n) is 2.48. The van der Waals surface area contributed by atoms with Crippen LogP contribution >= 0.6 is 0 Å². The molecule has 1 aromatic carbocycles. The van der Waals surface area contributed by atoms with Gasteiger partial charge in [-0.2, -0.15) is 0 Å². The van der Waals surface area contributed by atoms with Gasteiger partial charge < -0.3 is 10.6 Å². The van der Waals surface area contributed by atoms with Crippen LogP contribution in [0.2, 0.25) is 0 Å². The van der Waals surface area contributed by atoms with Gasteiger partial charge in [-0.25, -0.2) is 4.79 Å². The number of urea groups is 1. The second-order valence-electron chi connectivity index (χ2n) is 5.25. The minimum atomic E-state index is -0.172. The molecule has 1 aliphatic carbocycles. The van der Waals surface area contributed by atoms with Crippen molar-refractivity contribution in [2.75, 3.05) is 5.32 Å².